The van der Waals surface area contributed by atoms with E-state index in [-0.39, 0.29) is 5.56 Å². The van der Waals surface area contributed by atoms with E-state index >= 15 is 0 Å². The van der Waals surface area contributed by atoms with E-state index in [4.69, 9.17) is 0 Å². The molecule has 4 nitrogen and oxygen atoms in total. The predicted octanol–water partition coefficient (Wildman–Crippen LogP) is 3.12. The lowest BCUT2D eigenvalue weighted by Crippen LogP contribution is -2.42. The van der Waals surface area contributed by atoms with Gasteiger partial charge < -0.3 is 10.3 Å². The molecule has 0 amide bonds. The average molecular weight is 309 g/mol. The van der Waals surface area contributed by atoms with Crippen molar-refractivity contribution < 1.29 is 0 Å². The number of aryl methyl sites for hydroxylation is 1. The molecule has 1 aromatic rings. The molecule has 0 spiro atoms. The van der Waals surface area contributed by atoms with Crippen LogP contribution in [-0.4, -0.2) is 27.8 Å². The number of aromatic nitrogens is 2. The largest absolute Gasteiger partial charge is 0.313 e. The second-order valence-corrected chi connectivity index (χ2v) is 7.21. The highest BCUT2D eigenvalue weighted by Crippen LogP contribution is 2.36. The smallest absolute Gasteiger partial charge is 0.251 e. The lowest BCUT2D eigenvalue weighted by molar-refractivity contribution is 0.289. The van der Waals surface area contributed by atoms with Gasteiger partial charge in [-0.25, -0.2) is 4.98 Å². The molecule has 1 saturated carbocycles. The van der Waals surface area contributed by atoms with Crippen LogP contribution in [0.1, 0.15) is 51.6 Å². The van der Waals surface area contributed by atoms with Crippen molar-refractivity contribution >= 4 is 11.8 Å². The van der Waals surface area contributed by atoms with Gasteiger partial charge in [-0.3, -0.25) is 4.79 Å². The summed E-state index contributed by atoms with van der Waals surface area (Å²) < 4.78 is 0. The van der Waals surface area contributed by atoms with Gasteiger partial charge in [0.15, 0.2) is 5.16 Å². The standard InChI is InChI=1S/C16H27N3OS/c1-4-6-12-7-8-13(17-5-2)14(10-12)21-16-18-11(3)9-15(20)19-16/h9,12-14,17H,4-8,10H2,1-3H3,(H,18,19,20). The maximum atomic E-state index is 11.6. The molecule has 3 atom stereocenters. The molecule has 1 heterocycles. The van der Waals surface area contributed by atoms with Crippen molar-refractivity contribution in [3.05, 3.63) is 22.1 Å². The number of thioether (sulfide) groups is 1. The molecular formula is C16H27N3OS. The van der Waals surface area contributed by atoms with E-state index in [0.717, 1.165) is 23.3 Å². The molecule has 0 radical (unpaired) electrons. The van der Waals surface area contributed by atoms with Crippen molar-refractivity contribution in [3.63, 3.8) is 0 Å². The first-order valence-corrected chi connectivity index (χ1v) is 8.98. The minimum absolute atomic E-state index is 0.0501. The Hall–Kier alpha value is -0.810. The third kappa shape index (κ3) is 4.85. The third-order valence-electron chi connectivity index (χ3n) is 4.17. The van der Waals surface area contributed by atoms with Gasteiger partial charge in [0.2, 0.25) is 0 Å². The number of nitrogens with one attached hydrogen (secondary N) is 2. The van der Waals surface area contributed by atoms with Crippen molar-refractivity contribution in [1.29, 1.82) is 0 Å². The second kappa shape index (κ2) is 7.99. The van der Waals surface area contributed by atoms with E-state index in [1.165, 1.54) is 32.1 Å². The maximum absolute atomic E-state index is 11.6. The summed E-state index contributed by atoms with van der Waals surface area (Å²) in [5.74, 6) is 0.818. The van der Waals surface area contributed by atoms with Crippen LogP contribution in [0.2, 0.25) is 0 Å². The highest BCUT2D eigenvalue weighted by atomic mass is 32.2. The van der Waals surface area contributed by atoms with Crippen LogP contribution in [0.25, 0.3) is 0 Å². The zero-order valence-electron chi connectivity index (χ0n) is 13.3. The van der Waals surface area contributed by atoms with Gasteiger partial charge in [-0.15, -0.1) is 0 Å². The summed E-state index contributed by atoms with van der Waals surface area (Å²) >= 11 is 1.74. The Morgan fingerprint density at radius 3 is 2.90 bits per heavy atom. The van der Waals surface area contributed by atoms with Crippen LogP contribution in [0.3, 0.4) is 0 Å². The van der Waals surface area contributed by atoms with Gasteiger partial charge in [0.05, 0.1) is 0 Å². The third-order valence-corrected chi connectivity index (χ3v) is 5.41. The fraction of sp³-hybridized carbons (Fsp3) is 0.750. The summed E-state index contributed by atoms with van der Waals surface area (Å²) in [6.45, 7) is 7.30. The molecule has 1 aliphatic rings. The Labute approximate surface area is 131 Å². The fourth-order valence-electron chi connectivity index (χ4n) is 3.26. The summed E-state index contributed by atoms with van der Waals surface area (Å²) in [6, 6.07) is 2.07. The molecule has 0 aromatic carbocycles. The predicted molar refractivity (Wildman–Crippen MR) is 89.0 cm³/mol. The number of H-pyrrole nitrogens is 1. The topological polar surface area (TPSA) is 57.8 Å². The van der Waals surface area contributed by atoms with E-state index in [2.05, 4.69) is 29.1 Å². The SMILES string of the molecule is CCCC1CCC(NCC)C(Sc2nc(C)cc(=O)[nH]2)C1. The molecule has 5 heteroatoms. The number of rotatable bonds is 6. The van der Waals surface area contributed by atoms with Gasteiger partial charge in [-0.1, -0.05) is 38.5 Å². The van der Waals surface area contributed by atoms with Gasteiger partial charge in [-0.05, 0) is 38.6 Å². The molecule has 21 heavy (non-hydrogen) atoms. The van der Waals surface area contributed by atoms with Gasteiger partial charge in [0.25, 0.3) is 5.56 Å². The number of hydrogen-bond acceptors (Lipinski definition) is 4. The first kappa shape index (κ1) is 16.6. The molecule has 2 rings (SSSR count). The Morgan fingerprint density at radius 1 is 1.43 bits per heavy atom. The van der Waals surface area contributed by atoms with Gasteiger partial charge in [-0.2, -0.15) is 0 Å². The minimum atomic E-state index is -0.0501. The van der Waals surface area contributed by atoms with E-state index in [0.29, 0.717) is 11.3 Å². The van der Waals surface area contributed by atoms with E-state index in [9.17, 15) is 4.79 Å². The molecular weight excluding hydrogens is 282 g/mol. The molecule has 1 aliphatic carbocycles. The van der Waals surface area contributed by atoms with Crippen LogP contribution in [-0.2, 0) is 0 Å². The van der Waals surface area contributed by atoms with Crippen LogP contribution in [0, 0.1) is 12.8 Å². The van der Waals surface area contributed by atoms with Crippen molar-refractivity contribution in [2.24, 2.45) is 5.92 Å². The van der Waals surface area contributed by atoms with Crippen LogP contribution < -0.4 is 10.9 Å². The van der Waals surface area contributed by atoms with Crippen molar-refractivity contribution in [1.82, 2.24) is 15.3 Å². The Morgan fingerprint density at radius 2 is 2.24 bits per heavy atom. The molecule has 0 saturated heterocycles. The lowest BCUT2D eigenvalue weighted by atomic mass is 9.83. The summed E-state index contributed by atoms with van der Waals surface area (Å²) in [4.78, 5) is 18.9. The van der Waals surface area contributed by atoms with Gasteiger partial charge >= 0.3 is 0 Å². The van der Waals surface area contributed by atoms with E-state index < -0.39 is 0 Å². The normalized spacial score (nSPS) is 26.0. The Bertz CT molecular complexity index is 503. The fourth-order valence-corrected chi connectivity index (χ4v) is 4.67. The van der Waals surface area contributed by atoms with E-state index in [1.54, 1.807) is 17.8 Å². The summed E-state index contributed by atoms with van der Waals surface area (Å²) in [5.41, 5.74) is 0.744. The molecule has 118 valence electrons. The number of aromatic amines is 1. The van der Waals surface area contributed by atoms with Crippen molar-refractivity contribution in [3.8, 4) is 0 Å². The molecule has 0 aliphatic heterocycles. The Kier molecular flexibility index (Phi) is 6.30. The molecule has 1 aromatic heterocycles. The monoisotopic (exact) mass is 309 g/mol. The first-order chi connectivity index (χ1) is 10.1. The van der Waals surface area contributed by atoms with Crippen molar-refractivity contribution in [2.75, 3.05) is 6.54 Å². The summed E-state index contributed by atoms with van der Waals surface area (Å²) in [5, 5.41) is 4.87. The highest BCUT2D eigenvalue weighted by Gasteiger charge is 2.30. The average Bonchev–Trinajstić information content (AvgIpc) is 2.41. The highest BCUT2D eigenvalue weighted by molar-refractivity contribution is 7.99. The Balaban J connectivity index is 2.09. The summed E-state index contributed by atoms with van der Waals surface area (Å²) in [6.07, 6.45) is 6.33. The van der Waals surface area contributed by atoms with Crippen LogP contribution in [0.15, 0.2) is 16.0 Å². The van der Waals surface area contributed by atoms with Crippen molar-refractivity contribution in [2.45, 2.75) is 69.3 Å². The molecule has 3 unspecified atom stereocenters. The van der Waals surface area contributed by atoms with E-state index in [1.807, 2.05) is 6.92 Å². The zero-order chi connectivity index (χ0) is 15.2. The second-order valence-electron chi connectivity index (χ2n) is 5.98. The number of hydrogen-bond donors (Lipinski definition) is 2. The molecule has 2 N–H and O–H groups in total. The summed E-state index contributed by atoms with van der Waals surface area (Å²) in [7, 11) is 0. The first-order valence-electron chi connectivity index (χ1n) is 8.10. The quantitative estimate of drug-likeness (QED) is 0.793. The minimum Gasteiger partial charge on any atom is -0.313 e. The van der Waals surface area contributed by atoms with Crippen LogP contribution >= 0.6 is 11.8 Å². The maximum Gasteiger partial charge on any atom is 0.251 e. The molecule has 1 fully saturated rings. The molecule has 0 bridgehead atoms. The van der Waals surface area contributed by atoms with Crippen LogP contribution in [0.4, 0.5) is 0 Å². The number of nitrogens with zero attached hydrogens (tertiary/aromatic N) is 1. The zero-order valence-corrected chi connectivity index (χ0v) is 14.1. The van der Waals surface area contributed by atoms with Gasteiger partial charge in [0.1, 0.15) is 0 Å². The van der Waals surface area contributed by atoms with Crippen LogP contribution in [0.5, 0.6) is 0 Å². The van der Waals surface area contributed by atoms with Gasteiger partial charge in [0, 0.05) is 23.1 Å². The lowest BCUT2D eigenvalue weighted by Gasteiger charge is -2.36.